The first kappa shape index (κ1) is 16.5. The van der Waals surface area contributed by atoms with Gasteiger partial charge >= 0.3 is 11.7 Å². The van der Waals surface area contributed by atoms with Gasteiger partial charge in [0, 0.05) is 11.6 Å². The van der Waals surface area contributed by atoms with Crippen LogP contribution in [0.5, 0.6) is 0 Å². The molecule has 1 aromatic carbocycles. The highest BCUT2D eigenvalue weighted by atomic mass is 19.1. The molecule has 8 heteroatoms. The number of carbonyl (C=O) groups excluding carboxylic acids is 2. The lowest BCUT2D eigenvalue weighted by Gasteiger charge is -2.19. The van der Waals surface area contributed by atoms with Crippen LogP contribution in [-0.4, -0.2) is 30.0 Å². The Balaban J connectivity index is 3.01. The van der Waals surface area contributed by atoms with Crippen LogP contribution in [0.1, 0.15) is 24.2 Å². The second kappa shape index (κ2) is 6.78. The first-order valence-corrected chi connectivity index (χ1v) is 6.10. The maximum absolute atomic E-state index is 13.2. The number of halogens is 1. The van der Waals surface area contributed by atoms with E-state index in [1.807, 2.05) is 0 Å². The van der Waals surface area contributed by atoms with Gasteiger partial charge in [-0.1, -0.05) is 13.8 Å². The predicted octanol–water partition coefficient (Wildman–Crippen LogP) is 1.66. The molecular weight excluding hydrogens is 283 g/mol. The van der Waals surface area contributed by atoms with Crippen molar-refractivity contribution < 1.29 is 23.6 Å². The summed E-state index contributed by atoms with van der Waals surface area (Å²) >= 11 is 0. The maximum Gasteiger partial charge on any atom is 0.328 e. The average Bonchev–Trinajstić information content (AvgIpc) is 2.43. The lowest BCUT2D eigenvalue weighted by molar-refractivity contribution is -0.387. The van der Waals surface area contributed by atoms with Crippen LogP contribution in [0.25, 0.3) is 0 Å². The van der Waals surface area contributed by atoms with Crippen molar-refractivity contribution in [2.45, 2.75) is 19.9 Å². The Labute approximate surface area is 120 Å². The van der Waals surface area contributed by atoms with E-state index in [0.717, 1.165) is 18.2 Å². The molecule has 114 valence electrons. The fourth-order valence-corrected chi connectivity index (χ4v) is 1.64. The van der Waals surface area contributed by atoms with Crippen LogP contribution in [0.3, 0.4) is 0 Å². The molecule has 0 aromatic heterocycles. The van der Waals surface area contributed by atoms with Crippen LogP contribution in [0.4, 0.5) is 10.1 Å². The minimum Gasteiger partial charge on any atom is -0.467 e. The number of nitrogens with one attached hydrogen (secondary N) is 1. The van der Waals surface area contributed by atoms with Gasteiger partial charge < -0.3 is 10.1 Å². The molecule has 1 rings (SSSR count). The second-order valence-electron chi connectivity index (χ2n) is 4.64. The Morgan fingerprint density at radius 3 is 2.48 bits per heavy atom. The van der Waals surface area contributed by atoms with Crippen LogP contribution in [0, 0.1) is 21.8 Å². The molecule has 1 amide bonds. The number of esters is 1. The summed E-state index contributed by atoms with van der Waals surface area (Å²) in [7, 11) is 1.19. The number of nitrogens with zero attached hydrogens (tertiary/aromatic N) is 1. The number of benzene rings is 1. The van der Waals surface area contributed by atoms with Gasteiger partial charge in [0.25, 0.3) is 5.91 Å². The van der Waals surface area contributed by atoms with E-state index in [1.54, 1.807) is 13.8 Å². The third-order valence-corrected chi connectivity index (χ3v) is 2.81. The zero-order valence-corrected chi connectivity index (χ0v) is 11.8. The predicted molar refractivity (Wildman–Crippen MR) is 71.2 cm³/mol. The summed E-state index contributed by atoms with van der Waals surface area (Å²) in [6, 6.07) is 1.85. The van der Waals surface area contributed by atoms with Crippen LogP contribution >= 0.6 is 0 Å². The second-order valence-corrected chi connectivity index (χ2v) is 4.64. The monoisotopic (exact) mass is 298 g/mol. The van der Waals surface area contributed by atoms with E-state index in [-0.39, 0.29) is 11.5 Å². The minimum atomic E-state index is -1.04. The van der Waals surface area contributed by atoms with Crippen molar-refractivity contribution in [3.8, 4) is 0 Å². The van der Waals surface area contributed by atoms with Crippen molar-refractivity contribution in [2.75, 3.05) is 7.11 Å². The van der Waals surface area contributed by atoms with E-state index >= 15 is 0 Å². The van der Waals surface area contributed by atoms with Crippen molar-refractivity contribution in [3.05, 3.63) is 39.7 Å². The van der Waals surface area contributed by atoms with Crippen LogP contribution in [0.2, 0.25) is 0 Å². The van der Waals surface area contributed by atoms with Crippen LogP contribution in [-0.2, 0) is 9.53 Å². The standard InChI is InChI=1S/C13H15FN2O5/c1-7(2)11(13(18)21-3)15-12(17)8-4-5-9(14)10(6-8)16(19)20/h4-7,11H,1-3H3,(H,15,17). The molecule has 0 aliphatic carbocycles. The molecule has 0 heterocycles. The van der Waals surface area contributed by atoms with E-state index in [4.69, 9.17) is 0 Å². The van der Waals surface area contributed by atoms with E-state index < -0.39 is 34.3 Å². The molecule has 0 spiro atoms. The molecule has 0 aliphatic heterocycles. The summed E-state index contributed by atoms with van der Waals surface area (Å²) in [6.07, 6.45) is 0. The molecule has 1 unspecified atom stereocenters. The highest BCUT2D eigenvalue weighted by Crippen LogP contribution is 2.18. The zero-order chi connectivity index (χ0) is 16.2. The average molecular weight is 298 g/mol. The fourth-order valence-electron chi connectivity index (χ4n) is 1.64. The smallest absolute Gasteiger partial charge is 0.328 e. The lowest BCUT2D eigenvalue weighted by atomic mass is 10.0. The third-order valence-electron chi connectivity index (χ3n) is 2.81. The number of carbonyl (C=O) groups is 2. The number of amides is 1. The SMILES string of the molecule is COC(=O)C(NC(=O)c1ccc(F)c([N+](=O)[O-])c1)C(C)C. The first-order valence-electron chi connectivity index (χ1n) is 6.10. The Hall–Kier alpha value is -2.51. The van der Waals surface area contributed by atoms with Gasteiger partial charge in [0.05, 0.1) is 12.0 Å². The molecule has 0 saturated heterocycles. The topological polar surface area (TPSA) is 98.5 Å². The van der Waals surface area contributed by atoms with Crippen molar-refractivity contribution >= 4 is 17.6 Å². The molecular formula is C13H15FN2O5. The molecule has 0 saturated carbocycles. The highest BCUT2D eigenvalue weighted by molar-refractivity contribution is 5.97. The molecule has 0 aliphatic rings. The van der Waals surface area contributed by atoms with E-state index in [9.17, 15) is 24.1 Å². The molecule has 1 atom stereocenters. The van der Waals surface area contributed by atoms with E-state index in [0.29, 0.717) is 0 Å². The van der Waals surface area contributed by atoms with Gasteiger partial charge in [-0.25, -0.2) is 4.79 Å². The van der Waals surface area contributed by atoms with Gasteiger partial charge in [-0.15, -0.1) is 0 Å². The molecule has 0 fully saturated rings. The molecule has 0 bridgehead atoms. The summed E-state index contributed by atoms with van der Waals surface area (Å²) in [5.41, 5.74) is -0.917. The molecule has 0 radical (unpaired) electrons. The largest absolute Gasteiger partial charge is 0.467 e. The number of hydrogen-bond donors (Lipinski definition) is 1. The van der Waals surface area contributed by atoms with E-state index in [2.05, 4.69) is 10.1 Å². The fraction of sp³-hybridized carbons (Fsp3) is 0.385. The van der Waals surface area contributed by atoms with Crippen molar-refractivity contribution in [2.24, 2.45) is 5.92 Å². The number of nitro benzene ring substituents is 1. The summed E-state index contributed by atoms with van der Waals surface area (Å²) < 4.78 is 17.8. The lowest BCUT2D eigenvalue weighted by Crippen LogP contribution is -2.45. The van der Waals surface area contributed by atoms with E-state index in [1.165, 1.54) is 7.11 Å². The summed E-state index contributed by atoms with van der Waals surface area (Å²) in [4.78, 5) is 33.3. The Kier molecular flexibility index (Phi) is 5.34. The van der Waals surface area contributed by atoms with Crippen LogP contribution in [0.15, 0.2) is 18.2 Å². The first-order chi connectivity index (χ1) is 9.77. The Morgan fingerprint density at radius 2 is 2.00 bits per heavy atom. The molecule has 21 heavy (non-hydrogen) atoms. The van der Waals surface area contributed by atoms with Gasteiger partial charge in [-0.2, -0.15) is 4.39 Å². The van der Waals surface area contributed by atoms with Crippen molar-refractivity contribution in [1.29, 1.82) is 0 Å². The highest BCUT2D eigenvalue weighted by Gasteiger charge is 2.26. The Morgan fingerprint density at radius 1 is 1.38 bits per heavy atom. The number of rotatable bonds is 5. The maximum atomic E-state index is 13.2. The molecule has 7 nitrogen and oxygen atoms in total. The van der Waals surface area contributed by atoms with Gasteiger partial charge in [-0.3, -0.25) is 14.9 Å². The number of ether oxygens (including phenoxy) is 1. The third kappa shape index (κ3) is 3.98. The summed E-state index contributed by atoms with van der Waals surface area (Å²) in [5.74, 6) is -2.63. The van der Waals surface area contributed by atoms with Crippen molar-refractivity contribution in [3.63, 3.8) is 0 Å². The molecule has 1 aromatic rings. The number of methoxy groups -OCH3 is 1. The number of nitro groups is 1. The van der Waals surface area contributed by atoms with Gasteiger partial charge in [0.1, 0.15) is 6.04 Å². The normalized spacial score (nSPS) is 11.9. The van der Waals surface area contributed by atoms with Crippen molar-refractivity contribution in [1.82, 2.24) is 5.32 Å². The van der Waals surface area contributed by atoms with Crippen LogP contribution < -0.4 is 5.32 Å². The molecule has 1 N–H and O–H groups in total. The van der Waals surface area contributed by atoms with Gasteiger partial charge in [0.2, 0.25) is 5.82 Å². The Bertz CT molecular complexity index is 574. The zero-order valence-electron chi connectivity index (χ0n) is 11.8. The quantitative estimate of drug-likeness (QED) is 0.506. The van der Waals surface area contributed by atoms with Gasteiger partial charge in [-0.05, 0) is 18.1 Å². The van der Waals surface area contributed by atoms with Gasteiger partial charge in [0.15, 0.2) is 0 Å². The summed E-state index contributed by atoms with van der Waals surface area (Å²) in [6.45, 7) is 3.41. The minimum absolute atomic E-state index is 0.113. The summed E-state index contributed by atoms with van der Waals surface area (Å²) in [5, 5.41) is 13.1. The number of hydrogen-bond acceptors (Lipinski definition) is 5.